The lowest BCUT2D eigenvalue weighted by molar-refractivity contribution is 0.561. The van der Waals surface area contributed by atoms with Crippen LogP contribution < -0.4 is 5.32 Å². The highest BCUT2D eigenvalue weighted by molar-refractivity contribution is 5.37. The van der Waals surface area contributed by atoms with Crippen molar-refractivity contribution < 1.29 is 4.39 Å². The van der Waals surface area contributed by atoms with Crippen LogP contribution in [-0.4, -0.2) is 17.0 Å². The van der Waals surface area contributed by atoms with Gasteiger partial charge in [-0.2, -0.15) is 0 Å². The van der Waals surface area contributed by atoms with Crippen molar-refractivity contribution in [2.45, 2.75) is 19.9 Å². The Morgan fingerprint density at radius 2 is 2.12 bits per heavy atom. The summed E-state index contributed by atoms with van der Waals surface area (Å²) in [7, 11) is 1.80. The maximum atomic E-state index is 14.1. The number of nitrogens with zero attached hydrogens (tertiary/aromatic N) is 1. The average Bonchev–Trinajstić information content (AvgIpc) is 2.76. The third-order valence-corrected chi connectivity index (χ3v) is 2.85. The average molecular weight is 233 g/mol. The molecule has 0 amide bonds. The Morgan fingerprint density at radius 1 is 1.35 bits per heavy atom. The monoisotopic (exact) mass is 233 g/mol. The van der Waals surface area contributed by atoms with Crippen LogP contribution in [0.25, 0.3) is 0 Å². The molecule has 0 radical (unpaired) electrons. The molecule has 0 fully saturated rings. The normalized spacial score (nSPS) is 12.7. The molecule has 0 spiro atoms. The molecule has 4 heteroatoms. The van der Waals surface area contributed by atoms with E-state index in [0.29, 0.717) is 5.56 Å². The summed E-state index contributed by atoms with van der Waals surface area (Å²) in [5, 5.41) is 3.09. The standard InChI is InChI=1S/C13H16FN3/c1-8-6-9(2)11(10(14)7-8)12(15-3)13-16-4-5-17-13/h4-7,12,15H,1-3H3,(H,16,17). The lowest BCUT2D eigenvalue weighted by Crippen LogP contribution is -2.21. The number of aromatic amines is 1. The van der Waals surface area contributed by atoms with Crippen molar-refractivity contribution in [3.63, 3.8) is 0 Å². The molecule has 0 saturated carbocycles. The molecule has 17 heavy (non-hydrogen) atoms. The number of benzene rings is 1. The summed E-state index contributed by atoms with van der Waals surface area (Å²) in [6, 6.07) is 3.28. The van der Waals surface area contributed by atoms with E-state index < -0.39 is 0 Å². The van der Waals surface area contributed by atoms with Crippen molar-refractivity contribution in [2.75, 3.05) is 7.05 Å². The van der Waals surface area contributed by atoms with E-state index >= 15 is 0 Å². The van der Waals surface area contributed by atoms with Gasteiger partial charge in [-0.15, -0.1) is 0 Å². The predicted octanol–water partition coefficient (Wildman–Crippen LogP) is 2.47. The zero-order valence-corrected chi connectivity index (χ0v) is 10.2. The maximum absolute atomic E-state index is 14.1. The van der Waals surface area contributed by atoms with E-state index in [1.165, 1.54) is 0 Å². The van der Waals surface area contributed by atoms with Gasteiger partial charge in [0.2, 0.25) is 0 Å². The van der Waals surface area contributed by atoms with Gasteiger partial charge in [-0.05, 0) is 38.1 Å². The molecule has 1 aromatic carbocycles. The lowest BCUT2D eigenvalue weighted by Gasteiger charge is -2.18. The Balaban J connectivity index is 2.52. The highest BCUT2D eigenvalue weighted by atomic mass is 19.1. The van der Waals surface area contributed by atoms with Crippen molar-refractivity contribution in [1.29, 1.82) is 0 Å². The molecule has 1 aromatic heterocycles. The van der Waals surface area contributed by atoms with Gasteiger partial charge in [0.05, 0.1) is 6.04 Å². The Kier molecular flexibility index (Phi) is 3.24. The summed E-state index contributed by atoms with van der Waals surface area (Å²) < 4.78 is 14.1. The minimum atomic E-state index is -0.245. The van der Waals surface area contributed by atoms with Crippen LogP contribution in [0.1, 0.15) is 28.6 Å². The van der Waals surface area contributed by atoms with E-state index in [2.05, 4.69) is 15.3 Å². The van der Waals surface area contributed by atoms with Gasteiger partial charge in [0.1, 0.15) is 11.6 Å². The van der Waals surface area contributed by atoms with Crippen molar-refractivity contribution in [2.24, 2.45) is 0 Å². The minimum Gasteiger partial charge on any atom is -0.347 e. The highest BCUT2D eigenvalue weighted by Crippen LogP contribution is 2.26. The highest BCUT2D eigenvalue weighted by Gasteiger charge is 2.20. The number of aryl methyl sites for hydroxylation is 2. The van der Waals surface area contributed by atoms with Gasteiger partial charge in [-0.3, -0.25) is 0 Å². The smallest absolute Gasteiger partial charge is 0.128 e. The first kappa shape index (κ1) is 11.8. The van der Waals surface area contributed by atoms with Gasteiger partial charge in [0, 0.05) is 18.0 Å². The van der Waals surface area contributed by atoms with E-state index in [4.69, 9.17) is 0 Å². The SMILES string of the molecule is CNC(c1ncc[nH]1)c1c(C)cc(C)cc1F. The van der Waals surface area contributed by atoms with Crippen LogP contribution in [0.5, 0.6) is 0 Å². The van der Waals surface area contributed by atoms with E-state index in [-0.39, 0.29) is 11.9 Å². The van der Waals surface area contributed by atoms with Crippen LogP contribution in [-0.2, 0) is 0 Å². The van der Waals surface area contributed by atoms with Crippen LogP contribution in [0.15, 0.2) is 24.5 Å². The fourth-order valence-electron chi connectivity index (χ4n) is 2.15. The number of halogens is 1. The lowest BCUT2D eigenvalue weighted by atomic mass is 9.98. The van der Waals surface area contributed by atoms with Crippen molar-refractivity contribution in [3.8, 4) is 0 Å². The largest absolute Gasteiger partial charge is 0.347 e. The second kappa shape index (κ2) is 4.67. The molecule has 0 bridgehead atoms. The van der Waals surface area contributed by atoms with Crippen molar-refractivity contribution in [3.05, 3.63) is 52.9 Å². The quantitative estimate of drug-likeness (QED) is 0.855. The molecule has 0 aliphatic carbocycles. The van der Waals surface area contributed by atoms with Gasteiger partial charge in [0.25, 0.3) is 0 Å². The molecule has 90 valence electrons. The summed E-state index contributed by atoms with van der Waals surface area (Å²) in [5.74, 6) is 0.525. The second-order valence-corrected chi connectivity index (χ2v) is 4.17. The number of rotatable bonds is 3. The molecule has 0 saturated heterocycles. The molecule has 0 aliphatic heterocycles. The second-order valence-electron chi connectivity index (χ2n) is 4.17. The number of hydrogen-bond acceptors (Lipinski definition) is 2. The molecule has 1 heterocycles. The molecular weight excluding hydrogens is 217 g/mol. The molecule has 1 unspecified atom stereocenters. The molecule has 1 atom stereocenters. The van der Waals surface area contributed by atoms with Gasteiger partial charge < -0.3 is 10.3 Å². The first-order chi connectivity index (χ1) is 8.13. The van der Waals surface area contributed by atoms with E-state index in [1.807, 2.05) is 19.9 Å². The van der Waals surface area contributed by atoms with Crippen LogP contribution in [0, 0.1) is 19.7 Å². The Morgan fingerprint density at radius 3 is 2.65 bits per heavy atom. The summed E-state index contributed by atoms with van der Waals surface area (Å²) in [4.78, 5) is 7.20. The van der Waals surface area contributed by atoms with E-state index in [1.54, 1.807) is 25.5 Å². The number of H-pyrrole nitrogens is 1. The van der Waals surface area contributed by atoms with Crippen LogP contribution in [0.4, 0.5) is 4.39 Å². The topological polar surface area (TPSA) is 40.7 Å². The zero-order valence-electron chi connectivity index (χ0n) is 10.2. The Bertz CT molecular complexity index is 482. The van der Waals surface area contributed by atoms with Gasteiger partial charge >= 0.3 is 0 Å². The van der Waals surface area contributed by atoms with Crippen molar-refractivity contribution >= 4 is 0 Å². The third kappa shape index (κ3) is 2.22. The van der Waals surface area contributed by atoms with Crippen LogP contribution in [0.3, 0.4) is 0 Å². The number of hydrogen-bond donors (Lipinski definition) is 2. The third-order valence-electron chi connectivity index (χ3n) is 2.85. The molecule has 0 aliphatic rings. The van der Waals surface area contributed by atoms with E-state index in [0.717, 1.165) is 17.0 Å². The maximum Gasteiger partial charge on any atom is 0.128 e. The number of nitrogens with one attached hydrogen (secondary N) is 2. The minimum absolute atomic E-state index is 0.196. The van der Waals surface area contributed by atoms with Crippen LogP contribution >= 0.6 is 0 Å². The zero-order chi connectivity index (χ0) is 12.4. The van der Waals surface area contributed by atoms with Crippen LogP contribution in [0.2, 0.25) is 0 Å². The van der Waals surface area contributed by atoms with Gasteiger partial charge in [0.15, 0.2) is 0 Å². The summed E-state index contributed by atoms with van der Waals surface area (Å²) in [5.41, 5.74) is 2.50. The summed E-state index contributed by atoms with van der Waals surface area (Å²) in [6.07, 6.45) is 3.40. The number of aromatic nitrogens is 2. The Hall–Kier alpha value is -1.68. The summed E-state index contributed by atoms with van der Waals surface area (Å²) >= 11 is 0. The van der Waals surface area contributed by atoms with Gasteiger partial charge in [-0.1, -0.05) is 6.07 Å². The van der Waals surface area contributed by atoms with E-state index in [9.17, 15) is 4.39 Å². The molecule has 2 rings (SSSR count). The molecular formula is C13H16FN3. The van der Waals surface area contributed by atoms with Crippen molar-refractivity contribution in [1.82, 2.24) is 15.3 Å². The molecule has 3 nitrogen and oxygen atoms in total. The van der Waals surface area contributed by atoms with Gasteiger partial charge in [-0.25, -0.2) is 9.37 Å². The summed E-state index contributed by atoms with van der Waals surface area (Å²) in [6.45, 7) is 3.81. The fourth-order valence-corrected chi connectivity index (χ4v) is 2.15. The molecule has 2 N–H and O–H groups in total. The number of imidazole rings is 1. The first-order valence-electron chi connectivity index (χ1n) is 5.56. The first-order valence-corrected chi connectivity index (χ1v) is 5.56. The predicted molar refractivity (Wildman–Crippen MR) is 65.4 cm³/mol. The Labute approximate surface area is 100 Å². The fraction of sp³-hybridized carbons (Fsp3) is 0.308. The molecule has 2 aromatic rings.